The van der Waals surface area contributed by atoms with Gasteiger partial charge in [0.15, 0.2) is 5.43 Å². The van der Waals surface area contributed by atoms with Crippen molar-refractivity contribution in [1.29, 1.82) is 0 Å². The normalized spacial score (nSPS) is 11.4. The SMILES string of the molecule is CN(C)Cc1cccc(NC(=O)c2cc(F)cc3c(=O)c4cccc(F)c4[nH]c23)c1. The molecule has 0 bridgehead atoms. The summed E-state index contributed by atoms with van der Waals surface area (Å²) in [6.07, 6.45) is 0. The van der Waals surface area contributed by atoms with E-state index in [1.807, 2.05) is 37.2 Å². The number of pyridine rings is 1. The molecule has 0 aliphatic rings. The first kappa shape index (κ1) is 19.7. The molecule has 0 fully saturated rings. The Hall–Kier alpha value is -3.58. The third-order valence-corrected chi connectivity index (χ3v) is 4.78. The number of carbonyl (C=O) groups excluding carboxylic acids is 1. The lowest BCUT2D eigenvalue weighted by Crippen LogP contribution is -2.16. The van der Waals surface area contributed by atoms with E-state index >= 15 is 0 Å². The highest BCUT2D eigenvalue weighted by Crippen LogP contribution is 2.23. The Morgan fingerprint density at radius 1 is 1.00 bits per heavy atom. The van der Waals surface area contributed by atoms with Crippen molar-refractivity contribution in [2.45, 2.75) is 6.54 Å². The molecule has 5 nitrogen and oxygen atoms in total. The topological polar surface area (TPSA) is 65.2 Å². The lowest BCUT2D eigenvalue weighted by Gasteiger charge is -2.13. The van der Waals surface area contributed by atoms with Crippen LogP contribution in [0.1, 0.15) is 15.9 Å². The molecule has 7 heteroatoms. The Bertz CT molecular complexity index is 1350. The van der Waals surface area contributed by atoms with Crippen molar-refractivity contribution in [3.8, 4) is 0 Å². The van der Waals surface area contributed by atoms with Gasteiger partial charge in [-0.05, 0) is 56.1 Å². The van der Waals surface area contributed by atoms with Crippen LogP contribution in [0.5, 0.6) is 0 Å². The molecule has 0 unspecified atom stereocenters. The number of aromatic nitrogens is 1. The first-order chi connectivity index (χ1) is 14.3. The number of H-pyrrole nitrogens is 1. The number of fused-ring (bicyclic) bond motifs is 2. The van der Waals surface area contributed by atoms with Crippen molar-refractivity contribution in [2.75, 3.05) is 19.4 Å². The largest absolute Gasteiger partial charge is 0.351 e. The first-order valence-electron chi connectivity index (χ1n) is 9.32. The molecule has 1 heterocycles. The van der Waals surface area contributed by atoms with Crippen molar-refractivity contribution < 1.29 is 13.6 Å². The van der Waals surface area contributed by atoms with Crippen LogP contribution in [0.3, 0.4) is 0 Å². The van der Waals surface area contributed by atoms with Gasteiger partial charge in [0.1, 0.15) is 11.6 Å². The average molecular weight is 407 g/mol. The molecule has 4 aromatic rings. The third kappa shape index (κ3) is 3.67. The summed E-state index contributed by atoms with van der Waals surface area (Å²) in [6.45, 7) is 0.686. The lowest BCUT2D eigenvalue weighted by molar-refractivity contribution is 0.102. The number of para-hydroxylation sites is 1. The molecule has 4 rings (SSSR count). The van der Waals surface area contributed by atoms with Crippen molar-refractivity contribution in [3.05, 3.63) is 87.6 Å². The van der Waals surface area contributed by atoms with E-state index in [4.69, 9.17) is 0 Å². The molecule has 0 spiro atoms. The lowest BCUT2D eigenvalue weighted by atomic mass is 10.0. The van der Waals surface area contributed by atoms with E-state index in [9.17, 15) is 18.4 Å². The number of hydrogen-bond acceptors (Lipinski definition) is 3. The van der Waals surface area contributed by atoms with E-state index in [2.05, 4.69) is 10.3 Å². The standard InChI is InChI=1S/C23H19F2N3O2/c1-28(2)12-13-5-3-6-15(9-13)26-23(30)18-11-14(24)10-17-20(18)27-21-16(22(17)29)7-4-8-19(21)25/h3-11H,12H2,1-2H3,(H,26,30)(H,27,29). The highest BCUT2D eigenvalue weighted by molar-refractivity contribution is 6.13. The summed E-state index contributed by atoms with van der Waals surface area (Å²) in [7, 11) is 3.87. The van der Waals surface area contributed by atoms with Gasteiger partial charge in [0, 0.05) is 23.0 Å². The fraction of sp³-hybridized carbons (Fsp3) is 0.130. The minimum Gasteiger partial charge on any atom is -0.351 e. The maximum absolute atomic E-state index is 14.3. The second-order valence-corrected chi connectivity index (χ2v) is 7.38. The molecule has 0 radical (unpaired) electrons. The number of hydrogen-bond donors (Lipinski definition) is 2. The number of nitrogens with zero attached hydrogens (tertiary/aromatic N) is 1. The molecule has 0 aliphatic heterocycles. The molecule has 30 heavy (non-hydrogen) atoms. The van der Waals surface area contributed by atoms with E-state index < -0.39 is 23.0 Å². The zero-order valence-corrected chi connectivity index (χ0v) is 16.4. The van der Waals surface area contributed by atoms with Crippen molar-refractivity contribution >= 4 is 33.4 Å². The van der Waals surface area contributed by atoms with Crippen LogP contribution in [0.15, 0.2) is 59.4 Å². The van der Waals surface area contributed by atoms with E-state index in [1.165, 1.54) is 18.2 Å². The van der Waals surface area contributed by atoms with Gasteiger partial charge in [0.05, 0.1) is 16.6 Å². The first-order valence-corrected chi connectivity index (χ1v) is 9.32. The van der Waals surface area contributed by atoms with Crippen LogP contribution in [0, 0.1) is 11.6 Å². The number of halogens is 2. The number of benzene rings is 3. The van der Waals surface area contributed by atoms with Crippen LogP contribution in [0.4, 0.5) is 14.5 Å². The Balaban J connectivity index is 1.82. The molecule has 1 amide bonds. The van der Waals surface area contributed by atoms with Gasteiger partial charge in [-0.25, -0.2) is 8.78 Å². The highest BCUT2D eigenvalue weighted by atomic mass is 19.1. The molecule has 2 N–H and O–H groups in total. The van der Waals surface area contributed by atoms with Gasteiger partial charge in [-0.15, -0.1) is 0 Å². The molecular formula is C23H19F2N3O2. The Kier molecular flexibility index (Phi) is 5.05. The fourth-order valence-corrected chi connectivity index (χ4v) is 3.52. The summed E-state index contributed by atoms with van der Waals surface area (Å²) in [6, 6.07) is 13.4. The minimum atomic E-state index is -0.727. The van der Waals surface area contributed by atoms with Crippen LogP contribution < -0.4 is 10.7 Å². The molecular weight excluding hydrogens is 388 g/mol. The van der Waals surface area contributed by atoms with Crippen molar-refractivity contribution in [1.82, 2.24) is 9.88 Å². The summed E-state index contributed by atoms with van der Waals surface area (Å²) in [4.78, 5) is 30.5. The van der Waals surface area contributed by atoms with Gasteiger partial charge in [0.25, 0.3) is 5.91 Å². The third-order valence-electron chi connectivity index (χ3n) is 4.78. The van der Waals surface area contributed by atoms with Crippen LogP contribution >= 0.6 is 0 Å². The van der Waals surface area contributed by atoms with Crippen LogP contribution in [-0.4, -0.2) is 29.9 Å². The summed E-state index contributed by atoms with van der Waals surface area (Å²) in [5, 5.41) is 2.81. The quantitative estimate of drug-likeness (QED) is 0.497. The van der Waals surface area contributed by atoms with Crippen molar-refractivity contribution in [2.24, 2.45) is 0 Å². The number of amides is 1. The zero-order chi connectivity index (χ0) is 21.4. The molecule has 3 aromatic carbocycles. The fourth-order valence-electron chi connectivity index (χ4n) is 3.52. The van der Waals surface area contributed by atoms with Gasteiger partial charge in [-0.2, -0.15) is 0 Å². The van der Waals surface area contributed by atoms with Crippen LogP contribution in [-0.2, 0) is 6.54 Å². The molecule has 1 aromatic heterocycles. The Labute approximate surface area is 170 Å². The number of anilines is 1. The number of rotatable bonds is 4. The Morgan fingerprint density at radius 2 is 1.77 bits per heavy atom. The predicted molar refractivity (Wildman–Crippen MR) is 114 cm³/mol. The maximum atomic E-state index is 14.3. The molecule has 152 valence electrons. The van der Waals surface area contributed by atoms with Gasteiger partial charge in [-0.1, -0.05) is 18.2 Å². The predicted octanol–water partition coefficient (Wildman–Crippen LogP) is 4.27. The van der Waals surface area contributed by atoms with E-state index in [1.54, 1.807) is 6.07 Å². The summed E-state index contributed by atoms with van der Waals surface area (Å²) in [5.41, 5.74) is 0.962. The number of nitrogens with one attached hydrogen (secondary N) is 2. The number of aromatic amines is 1. The van der Waals surface area contributed by atoms with Crippen LogP contribution in [0.25, 0.3) is 21.8 Å². The average Bonchev–Trinajstić information content (AvgIpc) is 2.69. The highest BCUT2D eigenvalue weighted by Gasteiger charge is 2.17. The molecule has 0 saturated heterocycles. The molecule has 0 aliphatic carbocycles. The second kappa shape index (κ2) is 7.68. The minimum absolute atomic E-state index is 0.0143. The summed E-state index contributed by atoms with van der Waals surface area (Å²) in [5.74, 6) is -1.96. The maximum Gasteiger partial charge on any atom is 0.257 e. The van der Waals surface area contributed by atoms with E-state index in [-0.39, 0.29) is 27.4 Å². The van der Waals surface area contributed by atoms with Gasteiger partial charge in [-0.3, -0.25) is 9.59 Å². The van der Waals surface area contributed by atoms with E-state index in [0.29, 0.717) is 12.2 Å². The smallest absolute Gasteiger partial charge is 0.257 e. The summed E-state index contributed by atoms with van der Waals surface area (Å²) >= 11 is 0. The zero-order valence-electron chi connectivity index (χ0n) is 16.4. The van der Waals surface area contributed by atoms with Gasteiger partial charge in [0.2, 0.25) is 0 Å². The number of carbonyl (C=O) groups is 1. The van der Waals surface area contributed by atoms with Gasteiger partial charge < -0.3 is 15.2 Å². The summed E-state index contributed by atoms with van der Waals surface area (Å²) < 4.78 is 28.5. The molecule has 0 atom stereocenters. The second-order valence-electron chi connectivity index (χ2n) is 7.38. The van der Waals surface area contributed by atoms with Crippen molar-refractivity contribution in [3.63, 3.8) is 0 Å². The molecule has 0 saturated carbocycles. The van der Waals surface area contributed by atoms with Crippen LogP contribution in [0.2, 0.25) is 0 Å². The van der Waals surface area contributed by atoms with Gasteiger partial charge >= 0.3 is 0 Å². The monoisotopic (exact) mass is 407 g/mol. The Morgan fingerprint density at radius 3 is 2.53 bits per heavy atom. The van der Waals surface area contributed by atoms with E-state index in [0.717, 1.165) is 17.7 Å².